The topological polar surface area (TPSA) is 61.7 Å². The van der Waals surface area contributed by atoms with E-state index in [0.717, 1.165) is 18.5 Å². The Hall–Kier alpha value is -1.68. The second kappa shape index (κ2) is 6.02. The number of hydrogen-bond donors (Lipinski definition) is 2. The zero-order valence-electron chi connectivity index (χ0n) is 9.53. The van der Waals surface area contributed by atoms with Crippen LogP contribution in [0.3, 0.4) is 0 Å². The summed E-state index contributed by atoms with van der Waals surface area (Å²) in [6, 6.07) is 7.46. The molecule has 0 saturated carbocycles. The third-order valence-electron chi connectivity index (χ3n) is 2.34. The van der Waals surface area contributed by atoms with E-state index in [2.05, 4.69) is 10.3 Å². The van der Waals surface area contributed by atoms with Crippen molar-refractivity contribution in [1.29, 1.82) is 0 Å². The highest BCUT2D eigenvalue weighted by Gasteiger charge is 2.14. The normalized spacial score (nSPS) is 11.5. The molecule has 2 N–H and O–H groups in total. The number of hydrogen-bond acceptors (Lipinski definition) is 3. The van der Waals surface area contributed by atoms with Crippen LogP contribution < -0.4 is 5.32 Å². The molecule has 0 fully saturated rings. The molecule has 1 aromatic rings. The minimum Gasteiger partial charge on any atom is -0.477 e. The van der Waals surface area contributed by atoms with Gasteiger partial charge in [-0.2, -0.15) is 0 Å². The molecule has 0 saturated heterocycles. The highest BCUT2D eigenvalue weighted by Crippen LogP contribution is 2.11. The zero-order chi connectivity index (χ0) is 12.0. The van der Waals surface area contributed by atoms with Crippen molar-refractivity contribution >= 4 is 11.7 Å². The van der Waals surface area contributed by atoms with Crippen LogP contribution in [0.25, 0.3) is 0 Å². The summed E-state index contributed by atoms with van der Waals surface area (Å²) in [5.74, 6) is -0.987. The summed E-state index contributed by atoms with van der Waals surface area (Å²) in [6.07, 6.45) is 0.791. The van der Waals surface area contributed by atoms with E-state index in [1.807, 2.05) is 25.2 Å². The largest absolute Gasteiger partial charge is 0.477 e. The van der Waals surface area contributed by atoms with Crippen molar-refractivity contribution in [3.8, 4) is 0 Å². The summed E-state index contributed by atoms with van der Waals surface area (Å²) in [5.41, 5.74) is 1.82. The first-order chi connectivity index (χ1) is 7.70. The molecule has 0 aromatic heterocycles. The van der Waals surface area contributed by atoms with Crippen molar-refractivity contribution in [2.75, 3.05) is 20.6 Å². The van der Waals surface area contributed by atoms with Gasteiger partial charge in [0.15, 0.2) is 0 Å². The Morgan fingerprint density at radius 1 is 1.44 bits per heavy atom. The first kappa shape index (κ1) is 12.4. The molecule has 4 nitrogen and oxygen atoms in total. The molecule has 86 valence electrons. The van der Waals surface area contributed by atoms with Crippen LogP contribution in [0.4, 0.5) is 0 Å². The van der Waals surface area contributed by atoms with Gasteiger partial charge in [0.25, 0.3) is 0 Å². The van der Waals surface area contributed by atoms with Gasteiger partial charge in [0.05, 0.1) is 0 Å². The lowest BCUT2D eigenvalue weighted by molar-refractivity contribution is -0.129. The summed E-state index contributed by atoms with van der Waals surface area (Å²) >= 11 is 0. The number of carboxylic acids is 1. The smallest absolute Gasteiger partial charge is 0.354 e. The lowest BCUT2D eigenvalue weighted by Crippen LogP contribution is -2.18. The van der Waals surface area contributed by atoms with Crippen molar-refractivity contribution in [2.45, 2.75) is 6.42 Å². The number of rotatable bonds is 5. The van der Waals surface area contributed by atoms with E-state index in [4.69, 9.17) is 5.11 Å². The van der Waals surface area contributed by atoms with Crippen LogP contribution in [0.5, 0.6) is 0 Å². The number of nitrogens with one attached hydrogen (secondary N) is 1. The lowest BCUT2D eigenvalue weighted by atomic mass is 10.0. The second-order valence-electron chi connectivity index (χ2n) is 3.39. The van der Waals surface area contributed by atoms with Gasteiger partial charge < -0.3 is 10.4 Å². The lowest BCUT2D eigenvalue weighted by Gasteiger charge is -2.08. The van der Waals surface area contributed by atoms with E-state index in [1.54, 1.807) is 6.07 Å². The number of nitrogens with zero attached hydrogens (tertiary/aromatic N) is 1. The van der Waals surface area contributed by atoms with Crippen LogP contribution in [0.1, 0.15) is 11.1 Å². The minimum absolute atomic E-state index is 0.117. The fourth-order valence-electron chi connectivity index (χ4n) is 1.56. The molecule has 0 aliphatic rings. The molecule has 0 aliphatic carbocycles. The van der Waals surface area contributed by atoms with Crippen molar-refractivity contribution in [1.82, 2.24) is 5.32 Å². The van der Waals surface area contributed by atoms with Gasteiger partial charge in [-0.3, -0.25) is 4.99 Å². The molecule has 0 aliphatic heterocycles. The fourth-order valence-corrected chi connectivity index (χ4v) is 1.56. The Labute approximate surface area is 95.0 Å². The molecule has 0 atom stereocenters. The van der Waals surface area contributed by atoms with Crippen LogP contribution >= 0.6 is 0 Å². The molecule has 0 radical (unpaired) electrons. The number of aliphatic carboxylic acids is 1. The van der Waals surface area contributed by atoms with E-state index in [9.17, 15) is 4.79 Å². The summed E-state index contributed by atoms with van der Waals surface area (Å²) in [5, 5.41) is 12.1. The molecule has 0 spiro atoms. The third kappa shape index (κ3) is 2.90. The molecule has 0 amide bonds. The molecular weight excluding hydrogens is 204 g/mol. The van der Waals surface area contributed by atoms with E-state index < -0.39 is 5.97 Å². The molecule has 0 unspecified atom stereocenters. The predicted molar refractivity (Wildman–Crippen MR) is 64.2 cm³/mol. The van der Waals surface area contributed by atoms with E-state index in [-0.39, 0.29) is 5.71 Å². The Balaban J connectivity index is 3.07. The number of carboxylic acid groups (broad SMARTS) is 1. The molecule has 1 aromatic carbocycles. The zero-order valence-corrected chi connectivity index (χ0v) is 9.53. The standard InChI is InChI=1S/C12H16N2O2/c1-13-8-7-9-5-3-4-6-10(9)11(14-2)12(15)16/h3-6,13H,7-8H2,1-2H3,(H,15,16). The van der Waals surface area contributed by atoms with Crippen LogP contribution in [-0.2, 0) is 11.2 Å². The van der Waals surface area contributed by atoms with Crippen molar-refractivity contribution in [2.24, 2.45) is 4.99 Å². The number of aliphatic imine (C=N–C) groups is 1. The number of carbonyl (C=O) groups is 1. The van der Waals surface area contributed by atoms with Crippen LogP contribution in [0.2, 0.25) is 0 Å². The van der Waals surface area contributed by atoms with Crippen molar-refractivity contribution in [3.63, 3.8) is 0 Å². The third-order valence-corrected chi connectivity index (χ3v) is 2.34. The first-order valence-corrected chi connectivity index (χ1v) is 5.13. The summed E-state index contributed by atoms with van der Waals surface area (Å²) in [4.78, 5) is 14.8. The van der Waals surface area contributed by atoms with Crippen molar-refractivity contribution in [3.05, 3.63) is 35.4 Å². The predicted octanol–water partition coefficient (Wildman–Crippen LogP) is 0.952. The summed E-state index contributed by atoms with van der Waals surface area (Å²) in [6.45, 7) is 0.813. The quantitative estimate of drug-likeness (QED) is 0.726. The number of likely N-dealkylation sites (N-methyl/N-ethyl adjacent to an activating group) is 1. The average Bonchev–Trinajstić information content (AvgIpc) is 2.28. The van der Waals surface area contributed by atoms with Gasteiger partial charge in [-0.1, -0.05) is 24.3 Å². The van der Waals surface area contributed by atoms with Crippen molar-refractivity contribution < 1.29 is 9.90 Å². The Kier molecular flexibility index (Phi) is 4.66. The highest BCUT2D eigenvalue weighted by molar-refractivity contribution is 6.42. The maximum absolute atomic E-state index is 11.0. The van der Waals surface area contributed by atoms with Gasteiger partial charge in [0.1, 0.15) is 5.71 Å². The molecule has 1 rings (SSSR count). The second-order valence-corrected chi connectivity index (χ2v) is 3.39. The number of benzene rings is 1. The van der Waals surface area contributed by atoms with E-state index in [0.29, 0.717) is 5.56 Å². The van der Waals surface area contributed by atoms with Crippen LogP contribution in [0, 0.1) is 0 Å². The average molecular weight is 220 g/mol. The van der Waals surface area contributed by atoms with Crippen LogP contribution in [0.15, 0.2) is 29.3 Å². The summed E-state index contributed by atoms with van der Waals surface area (Å²) < 4.78 is 0. The maximum Gasteiger partial charge on any atom is 0.354 e. The maximum atomic E-state index is 11.0. The molecular formula is C12H16N2O2. The van der Waals surface area contributed by atoms with E-state index >= 15 is 0 Å². The Morgan fingerprint density at radius 3 is 2.69 bits per heavy atom. The van der Waals surface area contributed by atoms with Gasteiger partial charge in [-0.15, -0.1) is 0 Å². The molecule has 16 heavy (non-hydrogen) atoms. The Bertz CT molecular complexity index is 400. The van der Waals surface area contributed by atoms with Crippen LogP contribution in [-0.4, -0.2) is 37.4 Å². The monoisotopic (exact) mass is 220 g/mol. The first-order valence-electron chi connectivity index (χ1n) is 5.13. The molecule has 0 bridgehead atoms. The van der Waals surface area contributed by atoms with Gasteiger partial charge >= 0.3 is 5.97 Å². The Morgan fingerprint density at radius 2 is 2.12 bits per heavy atom. The molecule has 4 heteroatoms. The minimum atomic E-state index is -0.987. The SMILES string of the molecule is CN=C(C(=O)O)c1ccccc1CCNC. The molecule has 0 heterocycles. The van der Waals surface area contributed by atoms with Gasteiger partial charge in [0.2, 0.25) is 0 Å². The van der Waals surface area contributed by atoms with Gasteiger partial charge in [-0.05, 0) is 25.6 Å². The fraction of sp³-hybridized carbons (Fsp3) is 0.333. The summed E-state index contributed by atoms with van der Waals surface area (Å²) in [7, 11) is 3.37. The van der Waals surface area contributed by atoms with Gasteiger partial charge in [-0.25, -0.2) is 4.79 Å². The van der Waals surface area contributed by atoms with E-state index in [1.165, 1.54) is 7.05 Å². The highest BCUT2D eigenvalue weighted by atomic mass is 16.4. The van der Waals surface area contributed by atoms with Gasteiger partial charge in [0, 0.05) is 12.6 Å².